The monoisotopic (exact) mass is 488 g/mol. The second-order valence-corrected chi connectivity index (χ2v) is 8.60. The summed E-state index contributed by atoms with van der Waals surface area (Å²) in [5, 5.41) is 5.69. The summed E-state index contributed by atoms with van der Waals surface area (Å²) < 4.78 is 11.0. The molecule has 0 saturated carbocycles. The zero-order valence-electron chi connectivity index (χ0n) is 20.6. The van der Waals surface area contributed by atoms with E-state index in [2.05, 4.69) is 15.5 Å². The van der Waals surface area contributed by atoms with E-state index < -0.39 is 0 Å². The van der Waals surface area contributed by atoms with Crippen LogP contribution in [-0.4, -0.2) is 56.2 Å². The Kier molecular flexibility index (Phi) is 8.41. The van der Waals surface area contributed by atoms with Crippen LogP contribution in [0.25, 0.3) is 0 Å². The van der Waals surface area contributed by atoms with Crippen molar-refractivity contribution in [3.05, 3.63) is 78.9 Å². The Bertz CT molecular complexity index is 1140. The zero-order valence-corrected chi connectivity index (χ0v) is 20.6. The average molecular weight is 489 g/mol. The number of rotatable bonds is 9. The van der Waals surface area contributed by atoms with Crippen LogP contribution in [-0.2, 0) is 9.53 Å². The minimum atomic E-state index is -0.324. The first-order valence-electron chi connectivity index (χ1n) is 12.1. The molecule has 1 aliphatic rings. The molecular formula is C28H32N4O4. The molecule has 0 aliphatic carbocycles. The van der Waals surface area contributed by atoms with Gasteiger partial charge in [0.2, 0.25) is 5.91 Å². The van der Waals surface area contributed by atoms with Gasteiger partial charge < -0.3 is 29.9 Å². The molecule has 1 heterocycles. The molecule has 8 heteroatoms. The molecule has 4 rings (SSSR count). The van der Waals surface area contributed by atoms with Gasteiger partial charge in [0.05, 0.1) is 6.04 Å². The lowest BCUT2D eigenvalue weighted by atomic mass is 10.2. The van der Waals surface area contributed by atoms with Crippen molar-refractivity contribution in [2.45, 2.75) is 19.4 Å². The Hall–Kier alpha value is -4.04. The fraction of sp³-hybridized carbons (Fsp3) is 0.286. The number of ether oxygens (including phenoxy) is 2. The largest absolute Gasteiger partial charge is 0.457 e. The predicted octanol–water partition coefficient (Wildman–Crippen LogP) is 5.20. The van der Waals surface area contributed by atoms with Crippen molar-refractivity contribution in [2.24, 2.45) is 0 Å². The minimum absolute atomic E-state index is 0.00706. The molecule has 3 aromatic rings. The highest BCUT2D eigenvalue weighted by atomic mass is 16.5. The van der Waals surface area contributed by atoms with Gasteiger partial charge in [-0.15, -0.1) is 0 Å². The first-order chi connectivity index (χ1) is 17.5. The van der Waals surface area contributed by atoms with Crippen molar-refractivity contribution >= 4 is 29.0 Å². The lowest BCUT2D eigenvalue weighted by Gasteiger charge is -2.25. The van der Waals surface area contributed by atoms with Gasteiger partial charge in [0.1, 0.15) is 18.1 Å². The highest BCUT2D eigenvalue weighted by Crippen LogP contribution is 2.25. The van der Waals surface area contributed by atoms with Crippen LogP contribution in [0.15, 0.2) is 78.9 Å². The molecule has 8 nitrogen and oxygen atoms in total. The van der Waals surface area contributed by atoms with E-state index >= 15 is 0 Å². The summed E-state index contributed by atoms with van der Waals surface area (Å²) >= 11 is 0. The van der Waals surface area contributed by atoms with E-state index in [-0.39, 0.29) is 24.6 Å². The summed E-state index contributed by atoms with van der Waals surface area (Å²) in [6.07, 6.45) is 0.909. The fourth-order valence-corrected chi connectivity index (χ4v) is 4.07. The van der Waals surface area contributed by atoms with Crippen molar-refractivity contribution in [1.29, 1.82) is 0 Å². The summed E-state index contributed by atoms with van der Waals surface area (Å²) in [6.45, 7) is 4.18. The number of benzene rings is 3. The maximum atomic E-state index is 12.4. The van der Waals surface area contributed by atoms with E-state index in [4.69, 9.17) is 9.47 Å². The van der Waals surface area contributed by atoms with Crippen molar-refractivity contribution in [1.82, 2.24) is 4.90 Å². The van der Waals surface area contributed by atoms with Crippen LogP contribution in [0, 0.1) is 0 Å². The lowest BCUT2D eigenvalue weighted by Crippen LogP contribution is -2.40. The zero-order chi connectivity index (χ0) is 25.3. The van der Waals surface area contributed by atoms with Crippen LogP contribution in [0.5, 0.6) is 11.5 Å². The molecule has 0 aromatic heterocycles. The summed E-state index contributed by atoms with van der Waals surface area (Å²) in [5.41, 5.74) is 2.42. The number of nitrogens with zero attached hydrogens (tertiary/aromatic N) is 2. The minimum Gasteiger partial charge on any atom is -0.457 e. The van der Waals surface area contributed by atoms with E-state index in [1.807, 2.05) is 80.7 Å². The number of amides is 3. The smallest absolute Gasteiger partial charge is 0.323 e. The van der Waals surface area contributed by atoms with Gasteiger partial charge in [-0.3, -0.25) is 4.79 Å². The van der Waals surface area contributed by atoms with Crippen molar-refractivity contribution in [3.63, 3.8) is 0 Å². The number of anilines is 3. The Labute approximate surface area is 211 Å². The van der Waals surface area contributed by atoms with Gasteiger partial charge in [-0.25, -0.2) is 4.79 Å². The summed E-state index contributed by atoms with van der Waals surface area (Å²) in [4.78, 5) is 28.7. The molecule has 3 aromatic carbocycles. The second-order valence-electron chi connectivity index (χ2n) is 8.60. The van der Waals surface area contributed by atoms with E-state index in [1.165, 1.54) is 0 Å². The van der Waals surface area contributed by atoms with Crippen LogP contribution < -0.4 is 20.3 Å². The molecule has 1 atom stereocenters. The third-order valence-electron chi connectivity index (χ3n) is 6.12. The number of para-hydroxylation sites is 1. The Morgan fingerprint density at radius 1 is 0.917 bits per heavy atom. The molecule has 2 N–H and O–H groups in total. The molecule has 188 valence electrons. The van der Waals surface area contributed by atoms with Crippen molar-refractivity contribution < 1.29 is 19.1 Å². The van der Waals surface area contributed by atoms with Crippen molar-refractivity contribution in [2.75, 3.05) is 48.9 Å². The number of hydrogen-bond acceptors (Lipinski definition) is 5. The molecule has 1 fully saturated rings. The third kappa shape index (κ3) is 6.76. The molecule has 0 spiro atoms. The predicted molar refractivity (Wildman–Crippen MR) is 142 cm³/mol. The number of urea groups is 1. The molecule has 36 heavy (non-hydrogen) atoms. The van der Waals surface area contributed by atoms with Crippen molar-refractivity contribution in [3.8, 4) is 11.5 Å². The third-order valence-corrected chi connectivity index (χ3v) is 6.12. The van der Waals surface area contributed by atoms with Gasteiger partial charge in [0.25, 0.3) is 0 Å². The van der Waals surface area contributed by atoms with Gasteiger partial charge in [-0.05, 0) is 74.0 Å². The van der Waals surface area contributed by atoms with Gasteiger partial charge in [0, 0.05) is 43.8 Å². The quantitative estimate of drug-likeness (QED) is 0.433. The lowest BCUT2D eigenvalue weighted by molar-refractivity contribution is -0.136. The molecule has 3 amide bonds. The molecule has 0 bridgehead atoms. The first kappa shape index (κ1) is 25.1. The van der Waals surface area contributed by atoms with E-state index in [9.17, 15) is 9.59 Å². The molecular weight excluding hydrogens is 456 g/mol. The average Bonchev–Trinajstić information content (AvgIpc) is 3.39. The van der Waals surface area contributed by atoms with Gasteiger partial charge >= 0.3 is 6.03 Å². The van der Waals surface area contributed by atoms with Crippen LogP contribution in [0.3, 0.4) is 0 Å². The van der Waals surface area contributed by atoms with Crippen LogP contribution in [0.1, 0.15) is 13.3 Å². The Morgan fingerprint density at radius 2 is 1.53 bits per heavy atom. The maximum absolute atomic E-state index is 12.4. The topological polar surface area (TPSA) is 83.1 Å². The molecule has 1 aliphatic heterocycles. The SMILES string of the molecule is CCOCC(=O)N(C)C1CCN(c2ccc(NC(=O)Nc3ccc(Oc4ccccc4)cc3)cc2)C1. The molecule has 1 saturated heterocycles. The first-order valence-corrected chi connectivity index (χ1v) is 12.1. The van der Waals surface area contributed by atoms with E-state index in [0.29, 0.717) is 23.7 Å². The summed E-state index contributed by atoms with van der Waals surface area (Å²) in [6, 6.07) is 24.3. The fourth-order valence-electron chi connectivity index (χ4n) is 4.07. The molecule has 1 unspecified atom stereocenters. The number of carbonyl (C=O) groups is 2. The number of carbonyl (C=O) groups excluding carboxylic acids is 2. The van der Waals surface area contributed by atoms with Gasteiger partial charge in [-0.2, -0.15) is 0 Å². The highest BCUT2D eigenvalue weighted by molar-refractivity contribution is 5.99. The normalized spacial score (nSPS) is 14.8. The summed E-state index contributed by atoms with van der Waals surface area (Å²) in [5.74, 6) is 1.45. The number of nitrogens with one attached hydrogen (secondary N) is 2. The van der Waals surface area contributed by atoms with Crippen LogP contribution in [0.2, 0.25) is 0 Å². The number of likely N-dealkylation sites (N-methyl/N-ethyl adjacent to an activating group) is 1. The van der Waals surface area contributed by atoms with E-state index in [0.717, 1.165) is 30.9 Å². The number of hydrogen-bond donors (Lipinski definition) is 2. The highest BCUT2D eigenvalue weighted by Gasteiger charge is 2.28. The van der Waals surface area contributed by atoms with E-state index in [1.54, 1.807) is 17.0 Å². The van der Waals surface area contributed by atoms with Gasteiger partial charge in [-0.1, -0.05) is 18.2 Å². The van der Waals surface area contributed by atoms with Crippen LogP contribution >= 0.6 is 0 Å². The molecule has 0 radical (unpaired) electrons. The van der Waals surface area contributed by atoms with Crippen LogP contribution in [0.4, 0.5) is 21.9 Å². The van der Waals surface area contributed by atoms with Gasteiger partial charge in [0.15, 0.2) is 0 Å². The second kappa shape index (κ2) is 12.1. The maximum Gasteiger partial charge on any atom is 0.323 e. The Balaban J connectivity index is 1.25. The summed E-state index contributed by atoms with van der Waals surface area (Å²) in [7, 11) is 1.84. The Morgan fingerprint density at radius 3 is 2.17 bits per heavy atom. The standard InChI is InChI=1S/C28H32N4O4/c1-3-35-20-27(33)31(2)24-17-18-32(19-24)23-13-9-21(10-14-23)29-28(34)30-22-11-15-26(16-12-22)36-25-7-5-4-6-8-25/h4-16,24H,3,17-20H2,1-2H3,(H2,29,30,34).